The maximum atomic E-state index is 11.4. The lowest BCUT2D eigenvalue weighted by molar-refractivity contribution is -0.126. The van der Waals surface area contributed by atoms with Crippen LogP contribution in [0.25, 0.3) is 0 Å². The number of rotatable bonds is 15. The summed E-state index contributed by atoms with van der Waals surface area (Å²) in [7, 11) is 0. The van der Waals surface area contributed by atoms with E-state index in [1.54, 1.807) is 6.92 Å². The average Bonchev–Trinajstić information content (AvgIpc) is 2.53. The number of nitrogens with one attached hydrogen (secondary N) is 2. The van der Waals surface area contributed by atoms with Crippen molar-refractivity contribution in [3.8, 4) is 0 Å². The molecule has 140 valence electrons. The molecule has 0 heterocycles. The van der Waals surface area contributed by atoms with Gasteiger partial charge in [-0.15, -0.1) is 0 Å². The number of hydrogen-bond acceptors (Lipinski definition) is 6. The highest BCUT2D eigenvalue weighted by atomic mass is 16.5. The molecule has 8 heteroatoms. The molecule has 24 heavy (non-hydrogen) atoms. The molecular weight excluding hydrogens is 316 g/mol. The molecule has 0 atom stereocenters. The van der Waals surface area contributed by atoms with Gasteiger partial charge in [0.15, 0.2) is 5.78 Å². The van der Waals surface area contributed by atoms with E-state index in [-0.39, 0.29) is 50.1 Å². The van der Waals surface area contributed by atoms with Crippen molar-refractivity contribution in [2.24, 2.45) is 0 Å². The predicted molar refractivity (Wildman–Crippen MR) is 88.7 cm³/mol. The van der Waals surface area contributed by atoms with Crippen LogP contribution in [0.3, 0.4) is 0 Å². The highest BCUT2D eigenvalue weighted by Gasteiger charge is 2.04. The van der Waals surface area contributed by atoms with Crippen LogP contribution in [0.2, 0.25) is 0 Å². The van der Waals surface area contributed by atoms with Gasteiger partial charge in [-0.05, 0) is 13.8 Å². The predicted octanol–water partition coefficient (Wildman–Crippen LogP) is 0.0462. The molecule has 0 bridgehead atoms. The lowest BCUT2D eigenvalue weighted by Crippen LogP contribution is -2.33. The van der Waals surface area contributed by atoms with Crippen LogP contribution in [-0.2, 0) is 28.6 Å². The van der Waals surface area contributed by atoms with E-state index in [4.69, 9.17) is 14.2 Å². The van der Waals surface area contributed by atoms with Gasteiger partial charge in [-0.3, -0.25) is 14.4 Å². The molecule has 0 unspecified atom stereocenters. The van der Waals surface area contributed by atoms with Crippen LogP contribution in [0.15, 0.2) is 0 Å². The summed E-state index contributed by atoms with van der Waals surface area (Å²) in [6.07, 6.45) is 0.859. The van der Waals surface area contributed by atoms with E-state index in [0.717, 1.165) is 0 Å². The third kappa shape index (κ3) is 15.4. The Bertz CT molecular complexity index is 374. The van der Waals surface area contributed by atoms with Gasteiger partial charge < -0.3 is 24.8 Å². The molecule has 0 spiro atoms. The van der Waals surface area contributed by atoms with Gasteiger partial charge >= 0.3 is 0 Å². The minimum absolute atomic E-state index is 0.0301. The zero-order valence-electron chi connectivity index (χ0n) is 14.9. The molecule has 0 fully saturated rings. The number of ether oxygens (including phenoxy) is 3. The van der Waals surface area contributed by atoms with Crippen LogP contribution in [0.1, 0.15) is 33.6 Å². The molecule has 2 N–H and O–H groups in total. The monoisotopic (exact) mass is 346 g/mol. The summed E-state index contributed by atoms with van der Waals surface area (Å²) in [5, 5.41) is 5.29. The number of ketones is 1. The van der Waals surface area contributed by atoms with Crippen molar-refractivity contribution in [3.05, 3.63) is 0 Å². The minimum Gasteiger partial charge on any atom is -0.378 e. The number of carbonyl (C=O) groups excluding carboxylic acids is 3. The third-order valence-electron chi connectivity index (χ3n) is 2.81. The van der Waals surface area contributed by atoms with Gasteiger partial charge in [0.1, 0.15) is 13.2 Å². The fraction of sp³-hybridized carbons (Fsp3) is 0.812. The fourth-order valence-corrected chi connectivity index (χ4v) is 1.50. The second-order valence-corrected chi connectivity index (χ2v) is 5.37. The molecule has 0 aliphatic rings. The van der Waals surface area contributed by atoms with E-state index in [2.05, 4.69) is 10.6 Å². The Morgan fingerprint density at radius 2 is 1.46 bits per heavy atom. The van der Waals surface area contributed by atoms with Crippen molar-refractivity contribution in [2.45, 2.75) is 39.7 Å². The highest BCUT2D eigenvalue weighted by molar-refractivity contribution is 5.79. The molecule has 0 radical (unpaired) electrons. The molecule has 0 saturated heterocycles. The van der Waals surface area contributed by atoms with Crippen LogP contribution in [0.5, 0.6) is 0 Å². The standard InChI is InChI=1S/C16H30N2O6/c1-4-14(19)11-22-9-7-18-16(21)12-23-10-6-17-15(20)5-8-24-13(2)3/h13H,4-12H2,1-3H3,(H,17,20)(H,18,21). The van der Waals surface area contributed by atoms with Crippen molar-refractivity contribution in [1.82, 2.24) is 10.6 Å². The number of carbonyl (C=O) groups is 3. The Morgan fingerprint density at radius 3 is 2.04 bits per heavy atom. The van der Waals surface area contributed by atoms with Gasteiger partial charge in [-0.1, -0.05) is 6.92 Å². The topological polar surface area (TPSA) is 103 Å². The van der Waals surface area contributed by atoms with E-state index in [0.29, 0.717) is 32.5 Å². The summed E-state index contributed by atoms with van der Waals surface area (Å²) < 4.78 is 15.5. The zero-order valence-corrected chi connectivity index (χ0v) is 14.9. The van der Waals surface area contributed by atoms with E-state index in [9.17, 15) is 14.4 Å². The molecule has 2 amide bonds. The van der Waals surface area contributed by atoms with Crippen LogP contribution in [0, 0.1) is 0 Å². The van der Waals surface area contributed by atoms with Crippen molar-refractivity contribution < 1.29 is 28.6 Å². The normalized spacial score (nSPS) is 10.7. The molecule has 0 aromatic carbocycles. The van der Waals surface area contributed by atoms with Crippen LogP contribution >= 0.6 is 0 Å². The fourth-order valence-electron chi connectivity index (χ4n) is 1.50. The van der Waals surface area contributed by atoms with E-state index >= 15 is 0 Å². The summed E-state index contributed by atoms with van der Waals surface area (Å²) in [6, 6.07) is 0. The van der Waals surface area contributed by atoms with Crippen molar-refractivity contribution in [3.63, 3.8) is 0 Å². The Balaban J connectivity index is 3.39. The Morgan fingerprint density at radius 1 is 0.875 bits per heavy atom. The second kappa shape index (κ2) is 15.0. The van der Waals surface area contributed by atoms with E-state index in [1.807, 2.05) is 13.8 Å². The van der Waals surface area contributed by atoms with Crippen LogP contribution in [-0.4, -0.2) is 69.8 Å². The van der Waals surface area contributed by atoms with Gasteiger partial charge in [0.2, 0.25) is 11.8 Å². The Labute approximate surface area is 143 Å². The Kier molecular flexibility index (Phi) is 14.1. The lowest BCUT2D eigenvalue weighted by atomic mass is 10.3. The first-order valence-corrected chi connectivity index (χ1v) is 8.27. The Hall–Kier alpha value is -1.51. The number of Topliss-reactive ketones (excluding diaryl/α,β-unsaturated/α-hetero) is 1. The summed E-state index contributed by atoms with van der Waals surface area (Å²) in [6.45, 7) is 7.18. The van der Waals surface area contributed by atoms with Gasteiger partial charge in [-0.25, -0.2) is 0 Å². The molecule has 0 aromatic rings. The van der Waals surface area contributed by atoms with Gasteiger partial charge in [0.05, 0.1) is 25.9 Å². The lowest BCUT2D eigenvalue weighted by Gasteiger charge is -2.09. The number of hydrogen-bond donors (Lipinski definition) is 2. The number of amides is 2. The maximum Gasteiger partial charge on any atom is 0.246 e. The summed E-state index contributed by atoms with van der Waals surface area (Å²) in [4.78, 5) is 33.8. The molecule has 8 nitrogen and oxygen atoms in total. The van der Waals surface area contributed by atoms with Gasteiger partial charge in [0.25, 0.3) is 0 Å². The quantitative estimate of drug-likeness (QED) is 0.406. The first-order valence-electron chi connectivity index (χ1n) is 8.27. The first kappa shape index (κ1) is 22.5. The minimum atomic E-state index is -0.267. The maximum absolute atomic E-state index is 11.4. The molecule has 0 aliphatic heterocycles. The molecule has 0 saturated carbocycles. The van der Waals surface area contributed by atoms with E-state index in [1.165, 1.54) is 0 Å². The third-order valence-corrected chi connectivity index (χ3v) is 2.81. The van der Waals surface area contributed by atoms with Crippen LogP contribution < -0.4 is 10.6 Å². The summed E-state index contributed by atoms with van der Waals surface area (Å²) in [5.41, 5.74) is 0. The van der Waals surface area contributed by atoms with Gasteiger partial charge in [-0.2, -0.15) is 0 Å². The SMILES string of the molecule is CCC(=O)COCCNC(=O)COCCNC(=O)CCOC(C)C. The largest absolute Gasteiger partial charge is 0.378 e. The first-order chi connectivity index (χ1) is 11.5. The summed E-state index contributed by atoms with van der Waals surface area (Å²) in [5.74, 6) is -0.345. The zero-order chi connectivity index (χ0) is 18.2. The van der Waals surface area contributed by atoms with Crippen molar-refractivity contribution >= 4 is 17.6 Å². The second-order valence-electron chi connectivity index (χ2n) is 5.37. The molecule has 0 aliphatic carbocycles. The van der Waals surface area contributed by atoms with E-state index < -0.39 is 0 Å². The molecular formula is C16H30N2O6. The van der Waals surface area contributed by atoms with Gasteiger partial charge in [0, 0.05) is 25.9 Å². The highest BCUT2D eigenvalue weighted by Crippen LogP contribution is 1.90. The van der Waals surface area contributed by atoms with Crippen molar-refractivity contribution in [1.29, 1.82) is 0 Å². The average molecular weight is 346 g/mol. The molecule has 0 rings (SSSR count). The van der Waals surface area contributed by atoms with Crippen molar-refractivity contribution in [2.75, 3.05) is 46.1 Å². The molecule has 0 aromatic heterocycles. The summed E-state index contributed by atoms with van der Waals surface area (Å²) >= 11 is 0. The van der Waals surface area contributed by atoms with Crippen LogP contribution in [0.4, 0.5) is 0 Å². The smallest absolute Gasteiger partial charge is 0.246 e.